The fraction of sp³-hybridized carbons (Fsp3) is 0.500. The zero-order chi connectivity index (χ0) is 12.1. The average Bonchev–Trinajstić information content (AvgIpc) is 2.01. The highest BCUT2D eigenvalue weighted by Gasteiger charge is 1.78. The van der Waals surface area contributed by atoms with Crippen LogP contribution in [0.4, 0.5) is 0 Å². The van der Waals surface area contributed by atoms with Crippen molar-refractivity contribution in [2.75, 3.05) is 7.05 Å². The molecule has 0 aromatic carbocycles. The smallest absolute Gasteiger partial charge is 0.243 e. The Labute approximate surface area is 85.4 Å². The summed E-state index contributed by atoms with van der Waals surface area (Å²) in [5, 5.41) is 2.36. The highest BCUT2D eigenvalue weighted by molar-refractivity contribution is 5.86. The maximum absolute atomic E-state index is 9.95. The summed E-state index contributed by atoms with van der Waals surface area (Å²) in [5.74, 6) is 0.190. The summed E-state index contributed by atoms with van der Waals surface area (Å²) in [6, 6.07) is 0. The topological polar surface area (TPSA) is 63.2 Å². The molecule has 0 fully saturated rings. The molecule has 82 valence electrons. The Hall–Kier alpha value is -1.45. The van der Waals surface area contributed by atoms with Crippen molar-refractivity contribution in [2.45, 2.75) is 27.7 Å². The van der Waals surface area contributed by atoms with Gasteiger partial charge in [-0.1, -0.05) is 6.58 Å². The lowest BCUT2D eigenvalue weighted by Crippen LogP contribution is -2.13. The van der Waals surface area contributed by atoms with Crippen LogP contribution in [0.25, 0.3) is 0 Å². The van der Waals surface area contributed by atoms with Crippen LogP contribution in [0.1, 0.15) is 27.7 Å². The fourth-order valence-electron chi connectivity index (χ4n) is 0.102. The van der Waals surface area contributed by atoms with Crippen LogP contribution in [0.2, 0.25) is 0 Å². The van der Waals surface area contributed by atoms with Gasteiger partial charge in [0.1, 0.15) is 11.6 Å². The number of ketones is 2. The minimum Gasteiger partial charge on any atom is -0.356 e. The molecule has 14 heavy (non-hydrogen) atoms. The van der Waals surface area contributed by atoms with E-state index in [4.69, 9.17) is 0 Å². The highest BCUT2D eigenvalue weighted by Crippen LogP contribution is 1.56. The number of carbonyl (C=O) groups is 3. The molecule has 0 aromatic heterocycles. The molecule has 0 spiro atoms. The quantitative estimate of drug-likeness (QED) is 0.646. The number of carbonyl (C=O) groups excluding carboxylic acids is 3. The fourth-order valence-corrected chi connectivity index (χ4v) is 0.102. The van der Waals surface area contributed by atoms with Crippen molar-refractivity contribution in [1.29, 1.82) is 0 Å². The lowest BCUT2D eigenvalue weighted by Gasteiger charge is -1.82. The molecule has 4 heteroatoms. The van der Waals surface area contributed by atoms with E-state index in [1.165, 1.54) is 33.8 Å². The number of likely N-dealkylation sites (N-methyl/N-ethyl adjacent to an activating group) is 1. The van der Waals surface area contributed by atoms with Gasteiger partial charge in [0.15, 0.2) is 0 Å². The standard InChI is InChI=1S/C4H7NO.2C3H6O/c1-3-4(6)5-2;2*1-3(2)4/h3H,1H2,2H3,(H,5,6);2*1-2H3. The molecule has 4 nitrogen and oxygen atoms in total. The van der Waals surface area contributed by atoms with Crippen LogP contribution in [-0.2, 0) is 14.4 Å². The predicted molar refractivity (Wildman–Crippen MR) is 57.0 cm³/mol. The molecule has 0 aliphatic rings. The van der Waals surface area contributed by atoms with E-state index in [0.717, 1.165) is 0 Å². The summed E-state index contributed by atoms with van der Waals surface area (Å²) >= 11 is 0. The molecule has 0 aromatic rings. The molecule has 0 rings (SSSR count). The molecular weight excluding hydrogens is 182 g/mol. The lowest BCUT2D eigenvalue weighted by atomic mass is 10.6. The molecule has 1 N–H and O–H groups in total. The maximum atomic E-state index is 9.95. The average molecular weight is 201 g/mol. The maximum Gasteiger partial charge on any atom is 0.243 e. The second-order valence-electron chi connectivity index (χ2n) is 2.63. The van der Waals surface area contributed by atoms with Crippen LogP contribution < -0.4 is 5.32 Å². The van der Waals surface area contributed by atoms with E-state index in [1.807, 2.05) is 0 Å². The summed E-state index contributed by atoms with van der Waals surface area (Å²) in [4.78, 5) is 28.8. The Morgan fingerprint density at radius 3 is 1.21 bits per heavy atom. The first kappa shape index (κ1) is 18.4. The van der Waals surface area contributed by atoms with Gasteiger partial charge in [-0.15, -0.1) is 0 Å². The van der Waals surface area contributed by atoms with Crippen molar-refractivity contribution in [3.05, 3.63) is 12.7 Å². The minimum absolute atomic E-state index is 0.144. The molecular formula is C10H19NO3. The Kier molecular flexibility index (Phi) is 18.5. The van der Waals surface area contributed by atoms with Gasteiger partial charge in [0.2, 0.25) is 5.91 Å². The molecule has 0 atom stereocenters. The zero-order valence-corrected chi connectivity index (χ0v) is 9.51. The first-order chi connectivity index (χ1) is 6.27. The zero-order valence-electron chi connectivity index (χ0n) is 9.51. The third kappa shape index (κ3) is 148. The normalized spacial score (nSPS) is 6.64. The second kappa shape index (κ2) is 14.1. The number of rotatable bonds is 1. The van der Waals surface area contributed by atoms with E-state index in [2.05, 4.69) is 11.9 Å². The summed E-state index contributed by atoms with van der Waals surface area (Å²) in [6.45, 7) is 9.33. The van der Waals surface area contributed by atoms with Crippen molar-refractivity contribution >= 4 is 17.5 Å². The van der Waals surface area contributed by atoms with Gasteiger partial charge in [-0.05, 0) is 33.8 Å². The first-order valence-corrected chi connectivity index (χ1v) is 4.06. The highest BCUT2D eigenvalue weighted by atomic mass is 16.1. The number of hydrogen-bond acceptors (Lipinski definition) is 3. The van der Waals surface area contributed by atoms with Crippen LogP contribution in [0, 0.1) is 0 Å². The minimum atomic E-state index is -0.144. The van der Waals surface area contributed by atoms with Crippen molar-refractivity contribution in [2.24, 2.45) is 0 Å². The molecule has 0 unspecified atom stereocenters. The monoisotopic (exact) mass is 201 g/mol. The van der Waals surface area contributed by atoms with Gasteiger partial charge in [0.25, 0.3) is 0 Å². The van der Waals surface area contributed by atoms with Gasteiger partial charge in [-0.2, -0.15) is 0 Å². The molecule has 0 aliphatic carbocycles. The van der Waals surface area contributed by atoms with E-state index >= 15 is 0 Å². The lowest BCUT2D eigenvalue weighted by molar-refractivity contribution is -0.116. The molecule has 0 aliphatic heterocycles. The third-order valence-corrected chi connectivity index (χ3v) is 0.432. The molecule has 0 saturated carbocycles. The summed E-state index contributed by atoms with van der Waals surface area (Å²) in [6.07, 6.45) is 1.22. The van der Waals surface area contributed by atoms with Crippen LogP contribution in [0.15, 0.2) is 12.7 Å². The molecule has 0 heterocycles. The van der Waals surface area contributed by atoms with Gasteiger partial charge in [0, 0.05) is 7.05 Å². The second-order valence-corrected chi connectivity index (χ2v) is 2.63. The summed E-state index contributed by atoms with van der Waals surface area (Å²) in [7, 11) is 1.56. The van der Waals surface area contributed by atoms with E-state index in [0.29, 0.717) is 0 Å². The van der Waals surface area contributed by atoms with E-state index in [9.17, 15) is 14.4 Å². The third-order valence-electron chi connectivity index (χ3n) is 0.432. The molecule has 1 amide bonds. The number of hydrogen-bond donors (Lipinski definition) is 1. The van der Waals surface area contributed by atoms with Crippen molar-refractivity contribution < 1.29 is 14.4 Å². The van der Waals surface area contributed by atoms with Gasteiger partial charge in [-0.25, -0.2) is 0 Å². The number of amides is 1. The van der Waals surface area contributed by atoms with Crippen LogP contribution in [0.3, 0.4) is 0 Å². The Balaban J connectivity index is -0.000000135. The summed E-state index contributed by atoms with van der Waals surface area (Å²) < 4.78 is 0. The van der Waals surface area contributed by atoms with Crippen LogP contribution >= 0.6 is 0 Å². The van der Waals surface area contributed by atoms with Gasteiger partial charge < -0.3 is 14.9 Å². The first-order valence-electron chi connectivity index (χ1n) is 4.06. The van der Waals surface area contributed by atoms with E-state index in [1.54, 1.807) is 7.05 Å². The molecule has 0 radical (unpaired) electrons. The predicted octanol–water partition coefficient (Wildman–Crippen LogP) is 1.11. The number of Topliss-reactive ketones (excluding diaryl/α,β-unsaturated/α-hetero) is 2. The van der Waals surface area contributed by atoms with Gasteiger partial charge in [-0.3, -0.25) is 4.79 Å². The summed E-state index contributed by atoms with van der Waals surface area (Å²) in [5.41, 5.74) is 0. The van der Waals surface area contributed by atoms with Crippen molar-refractivity contribution in [3.8, 4) is 0 Å². The Morgan fingerprint density at radius 1 is 1.00 bits per heavy atom. The molecule has 0 bridgehead atoms. The van der Waals surface area contributed by atoms with E-state index < -0.39 is 0 Å². The van der Waals surface area contributed by atoms with E-state index in [-0.39, 0.29) is 17.5 Å². The van der Waals surface area contributed by atoms with Crippen LogP contribution in [-0.4, -0.2) is 24.5 Å². The van der Waals surface area contributed by atoms with Gasteiger partial charge in [0.05, 0.1) is 0 Å². The number of nitrogens with one attached hydrogen (secondary N) is 1. The Bertz CT molecular complexity index is 178. The molecule has 0 saturated heterocycles. The van der Waals surface area contributed by atoms with Crippen molar-refractivity contribution in [1.82, 2.24) is 5.32 Å². The Morgan fingerprint density at radius 2 is 1.21 bits per heavy atom. The van der Waals surface area contributed by atoms with Crippen molar-refractivity contribution in [3.63, 3.8) is 0 Å². The van der Waals surface area contributed by atoms with Gasteiger partial charge >= 0.3 is 0 Å². The SMILES string of the molecule is C=CC(=O)NC.CC(C)=O.CC(C)=O. The largest absolute Gasteiger partial charge is 0.356 e. The van der Waals surface area contributed by atoms with Crippen LogP contribution in [0.5, 0.6) is 0 Å².